The molecule has 1 N–H and O–H groups in total. The second kappa shape index (κ2) is 13.5. The summed E-state index contributed by atoms with van der Waals surface area (Å²) >= 11 is 3.40. The lowest BCUT2D eigenvalue weighted by Crippen LogP contribution is -2.53. The molecular formula is C31H36BrN3O4S. The van der Waals surface area contributed by atoms with Gasteiger partial charge < -0.3 is 10.2 Å². The summed E-state index contributed by atoms with van der Waals surface area (Å²) in [6, 6.07) is 22.0. The van der Waals surface area contributed by atoms with E-state index in [1.54, 1.807) is 42.5 Å². The normalized spacial score (nSPS) is 14.5. The molecule has 2 amide bonds. The molecule has 0 spiro atoms. The number of hydrogen-bond acceptors (Lipinski definition) is 4. The molecule has 9 heteroatoms. The third-order valence-corrected chi connectivity index (χ3v) is 9.56. The maximum absolute atomic E-state index is 14.1. The van der Waals surface area contributed by atoms with Gasteiger partial charge in [0.25, 0.3) is 10.0 Å². The van der Waals surface area contributed by atoms with Gasteiger partial charge in [0.2, 0.25) is 11.8 Å². The van der Waals surface area contributed by atoms with Gasteiger partial charge in [-0.2, -0.15) is 0 Å². The van der Waals surface area contributed by atoms with Crippen molar-refractivity contribution >= 4 is 43.5 Å². The van der Waals surface area contributed by atoms with Crippen molar-refractivity contribution in [3.8, 4) is 0 Å². The van der Waals surface area contributed by atoms with Crippen molar-refractivity contribution in [1.29, 1.82) is 0 Å². The van der Waals surface area contributed by atoms with Crippen molar-refractivity contribution in [3.05, 3.63) is 94.5 Å². The summed E-state index contributed by atoms with van der Waals surface area (Å²) in [7, 11) is -4.08. The van der Waals surface area contributed by atoms with E-state index in [9.17, 15) is 18.0 Å². The molecule has 4 rings (SSSR count). The summed E-state index contributed by atoms with van der Waals surface area (Å²) in [4.78, 5) is 29.3. The first-order valence-corrected chi connectivity index (χ1v) is 15.9. The Hall–Kier alpha value is -3.17. The van der Waals surface area contributed by atoms with E-state index in [1.807, 2.05) is 38.1 Å². The van der Waals surface area contributed by atoms with Gasteiger partial charge in [-0.3, -0.25) is 13.9 Å². The van der Waals surface area contributed by atoms with E-state index in [2.05, 4.69) is 21.2 Å². The van der Waals surface area contributed by atoms with Gasteiger partial charge in [0, 0.05) is 17.1 Å². The van der Waals surface area contributed by atoms with Crippen LogP contribution in [-0.2, 0) is 26.2 Å². The standard InChI is InChI=1S/C31H36BrN3O4S/c1-3-29(31(37)33-26-12-7-8-13-26)34(21-24-11-9-10-23(2)20-24)30(36)22-35(27-18-16-25(32)17-19-27)40(38,39)28-14-5-4-6-15-28/h4-6,9-11,14-20,26,29H,3,7-8,12-13,21-22H2,1-2H3,(H,33,37). The Kier molecular flexibility index (Phi) is 10.0. The average Bonchev–Trinajstić information content (AvgIpc) is 3.45. The van der Waals surface area contributed by atoms with Crippen LogP contribution in [0.5, 0.6) is 0 Å². The lowest BCUT2D eigenvalue weighted by Gasteiger charge is -2.34. The van der Waals surface area contributed by atoms with Crippen LogP contribution < -0.4 is 9.62 Å². The SMILES string of the molecule is CCC(C(=O)NC1CCCC1)N(Cc1cccc(C)c1)C(=O)CN(c1ccc(Br)cc1)S(=O)(=O)c1ccccc1. The molecular weight excluding hydrogens is 590 g/mol. The highest BCUT2D eigenvalue weighted by atomic mass is 79.9. The van der Waals surface area contributed by atoms with E-state index in [4.69, 9.17) is 0 Å². The number of rotatable bonds is 11. The Balaban J connectivity index is 1.70. The molecule has 1 aliphatic carbocycles. The summed E-state index contributed by atoms with van der Waals surface area (Å²) in [5, 5.41) is 3.14. The van der Waals surface area contributed by atoms with Crippen LogP contribution in [0.1, 0.15) is 50.2 Å². The molecule has 1 unspecified atom stereocenters. The van der Waals surface area contributed by atoms with Gasteiger partial charge in [-0.05, 0) is 68.1 Å². The van der Waals surface area contributed by atoms with E-state index in [1.165, 1.54) is 17.0 Å². The number of benzene rings is 3. The molecule has 0 aromatic heterocycles. The summed E-state index contributed by atoms with van der Waals surface area (Å²) in [6.07, 6.45) is 4.42. The highest BCUT2D eigenvalue weighted by Gasteiger charge is 2.34. The molecule has 1 fully saturated rings. The average molecular weight is 627 g/mol. The third-order valence-electron chi connectivity index (χ3n) is 7.25. The zero-order valence-corrected chi connectivity index (χ0v) is 25.3. The van der Waals surface area contributed by atoms with Crippen molar-refractivity contribution in [3.63, 3.8) is 0 Å². The first-order valence-electron chi connectivity index (χ1n) is 13.7. The predicted molar refractivity (Wildman–Crippen MR) is 161 cm³/mol. The van der Waals surface area contributed by atoms with Gasteiger partial charge in [-0.1, -0.05) is 83.7 Å². The first kappa shape index (κ1) is 29.8. The predicted octanol–water partition coefficient (Wildman–Crippen LogP) is 5.82. The summed E-state index contributed by atoms with van der Waals surface area (Å²) in [5.41, 5.74) is 2.28. The van der Waals surface area contributed by atoms with Gasteiger partial charge in [-0.25, -0.2) is 8.42 Å². The molecule has 0 radical (unpaired) electrons. The minimum atomic E-state index is -4.08. The Morgan fingerprint density at radius 1 is 0.975 bits per heavy atom. The number of anilines is 1. The number of sulfonamides is 1. The van der Waals surface area contributed by atoms with Crippen LogP contribution in [-0.4, -0.2) is 43.8 Å². The van der Waals surface area contributed by atoms with Crippen LogP contribution in [0.15, 0.2) is 88.2 Å². The van der Waals surface area contributed by atoms with E-state index < -0.39 is 28.5 Å². The molecule has 3 aromatic rings. The van der Waals surface area contributed by atoms with E-state index in [0.717, 1.165) is 45.6 Å². The summed E-state index contributed by atoms with van der Waals surface area (Å²) in [6.45, 7) is 3.60. The molecule has 1 atom stereocenters. The van der Waals surface area contributed by atoms with Crippen LogP contribution >= 0.6 is 15.9 Å². The van der Waals surface area contributed by atoms with E-state index in [0.29, 0.717) is 12.1 Å². The van der Waals surface area contributed by atoms with Crippen LogP contribution in [0.2, 0.25) is 0 Å². The van der Waals surface area contributed by atoms with Crippen molar-refractivity contribution in [2.75, 3.05) is 10.8 Å². The fourth-order valence-corrected chi connectivity index (χ4v) is 6.85. The van der Waals surface area contributed by atoms with Gasteiger partial charge in [-0.15, -0.1) is 0 Å². The fraction of sp³-hybridized carbons (Fsp3) is 0.355. The zero-order chi connectivity index (χ0) is 28.7. The lowest BCUT2D eigenvalue weighted by molar-refractivity contribution is -0.140. The van der Waals surface area contributed by atoms with Crippen molar-refractivity contribution in [1.82, 2.24) is 10.2 Å². The monoisotopic (exact) mass is 625 g/mol. The smallest absolute Gasteiger partial charge is 0.264 e. The van der Waals surface area contributed by atoms with E-state index in [-0.39, 0.29) is 23.4 Å². The number of nitrogens with one attached hydrogen (secondary N) is 1. The highest BCUT2D eigenvalue weighted by Crippen LogP contribution is 2.26. The van der Waals surface area contributed by atoms with Gasteiger partial charge >= 0.3 is 0 Å². The number of halogens is 1. The Bertz CT molecular complexity index is 1410. The largest absolute Gasteiger partial charge is 0.352 e. The molecule has 0 heterocycles. The maximum atomic E-state index is 14.1. The summed E-state index contributed by atoms with van der Waals surface area (Å²) in [5.74, 6) is -0.645. The summed E-state index contributed by atoms with van der Waals surface area (Å²) < 4.78 is 29.6. The molecule has 0 bridgehead atoms. The minimum absolute atomic E-state index is 0.0852. The molecule has 1 aliphatic rings. The Labute approximate surface area is 245 Å². The van der Waals surface area contributed by atoms with Crippen LogP contribution in [0.3, 0.4) is 0 Å². The number of carbonyl (C=O) groups is 2. The quantitative estimate of drug-likeness (QED) is 0.291. The minimum Gasteiger partial charge on any atom is -0.352 e. The number of hydrogen-bond donors (Lipinski definition) is 1. The molecule has 1 saturated carbocycles. The zero-order valence-electron chi connectivity index (χ0n) is 22.9. The lowest BCUT2D eigenvalue weighted by atomic mass is 10.1. The fourth-order valence-electron chi connectivity index (χ4n) is 5.15. The Morgan fingerprint density at radius 2 is 1.65 bits per heavy atom. The van der Waals surface area contributed by atoms with E-state index >= 15 is 0 Å². The highest BCUT2D eigenvalue weighted by molar-refractivity contribution is 9.10. The topological polar surface area (TPSA) is 86.8 Å². The van der Waals surface area contributed by atoms with Gasteiger partial charge in [0.1, 0.15) is 12.6 Å². The second-order valence-electron chi connectivity index (χ2n) is 10.2. The Morgan fingerprint density at radius 3 is 2.27 bits per heavy atom. The molecule has 3 aromatic carbocycles. The second-order valence-corrected chi connectivity index (χ2v) is 13.0. The number of aryl methyl sites for hydroxylation is 1. The van der Waals surface area contributed by atoms with Crippen LogP contribution in [0.25, 0.3) is 0 Å². The molecule has 212 valence electrons. The van der Waals surface area contributed by atoms with Crippen LogP contribution in [0.4, 0.5) is 5.69 Å². The number of nitrogens with zero attached hydrogens (tertiary/aromatic N) is 2. The van der Waals surface area contributed by atoms with Gasteiger partial charge in [0.15, 0.2) is 0 Å². The number of amides is 2. The molecule has 0 saturated heterocycles. The van der Waals surface area contributed by atoms with Crippen LogP contribution in [0, 0.1) is 6.92 Å². The third kappa shape index (κ3) is 7.31. The number of carbonyl (C=O) groups excluding carboxylic acids is 2. The first-order chi connectivity index (χ1) is 19.2. The molecule has 40 heavy (non-hydrogen) atoms. The van der Waals surface area contributed by atoms with Crippen molar-refractivity contribution < 1.29 is 18.0 Å². The van der Waals surface area contributed by atoms with Crippen molar-refractivity contribution in [2.45, 2.75) is 69.5 Å². The van der Waals surface area contributed by atoms with Gasteiger partial charge in [0.05, 0.1) is 10.6 Å². The van der Waals surface area contributed by atoms with Crippen molar-refractivity contribution in [2.24, 2.45) is 0 Å². The molecule has 7 nitrogen and oxygen atoms in total. The maximum Gasteiger partial charge on any atom is 0.264 e. The molecule has 0 aliphatic heterocycles.